The summed E-state index contributed by atoms with van der Waals surface area (Å²) < 4.78 is 40.7. The minimum absolute atomic E-state index is 0.183. The van der Waals surface area contributed by atoms with E-state index < -0.39 is 11.9 Å². The highest BCUT2D eigenvalue weighted by Gasteiger charge is 2.46. The molecule has 0 saturated carbocycles. The van der Waals surface area contributed by atoms with Crippen molar-refractivity contribution in [3.8, 4) is 5.75 Å². The van der Waals surface area contributed by atoms with Gasteiger partial charge < -0.3 is 10.1 Å². The summed E-state index contributed by atoms with van der Waals surface area (Å²) in [6.07, 6.45) is -4.57. The Morgan fingerprint density at radius 1 is 1.14 bits per heavy atom. The number of ether oxygens (including phenoxy) is 1. The Hall–Kier alpha value is -2.03. The molecule has 1 heterocycles. The Kier molecular flexibility index (Phi) is 5.49. The lowest BCUT2D eigenvalue weighted by Gasteiger charge is -2.22. The molecule has 1 fully saturated rings. The van der Waals surface area contributed by atoms with Gasteiger partial charge in [-0.05, 0) is 55.0 Å². The largest absolute Gasteiger partial charge is 0.573 e. The Labute approximate surface area is 174 Å². The third-order valence-corrected chi connectivity index (χ3v) is 4.80. The van der Waals surface area contributed by atoms with Crippen LogP contribution in [0.2, 0.25) is 10.0 Å². The van der Waals surface area contributed by atoms with Crippen LogP contribution in [0.1, 0.15) is 12.5 Å². The Balaban J connectivity index is 1.81. The summed E-state index contributed by atoms with van der Waals surface area (Å²) in [6, 6.07) is 9.97. The number of carbonyl (C=O) groups is 1. The average molecular weight is 449 g/mol. The number of nitrogens with zero attached hydrogens (tertiary/aromatic N) is 1. The van der Waals surface area contributed by atoms with Crippen molar-refractivity contribution in [3.63, 3.8) is 0 Å². The number of halogens is 5. The van der Waals surface area contributed by atoms with Gasteiger partial charge in [0.2, 0.25) is 0 Å². The number of benzene rings is 2. The lowest BCUT2D eigenvalue weighted by molar-refractivity contribution is -0.274. The molecule has 0 spiro atoms. The first-order valence-corrected chi connectivity index (χ1v) is 9.11. The zero-order chi connectivity index (χ0) is 20.7. The maximum Gasteiger partial charge on any atom is 0.573 e. The van der Waals surface area contributed by atoms with Gasteiger partial charge in [-0.2, -0.15) is 0 Å². The van der Waals surface area contributed by atoms with Crippen LogP contribution < -0.4 is 15.0 Å². The normalized spacial score (nSPS) is 19.7. The molecule has 1 unspecified atom stereocenters. The van der Waals surface area contributed by atoms with E-state index in [9.17, 15) is 18.0 Å². The van der Waals surface area contributed by atoms with Crippen LogP contribution >= 0.6 is 35.4 Å². The smallest absolute Gasteiger partial charge is 0.406 e. The molecule has 3 rings (SSSR count). The van der Waals surface area contributed by atoms with Crippen molar-refractivity contribution in [3.05, 3.63) is 58.1 Å². The van der Waals surface area contributed by atoms with Crippen LogP contribution in [0.5, 0.6) is 5.75 Å². The summed E-state index contributed by atoms with van der Waals surface area (Å²) in [6.45, 7) is 1.66. The van der Waals surface area contributed by atoms with E-state index in [4.69, 9.17) is 35.4 Å². The van der Waals surface area contributed by atoms with Gasteiger partial charge in [0.1, 0.15) is 11.3 Å². The molecular formula is C18H13Cl2F3N2O2S. The van der Waals surface area contributed by atoms with Crippen molar-refractivity contribution < 1.29 is 22.7 Å². The van der Waals surface area contributed by atoms with Crippen molar-refractivity contribution in [2.24, 2.45) is 0 Å². The van der Waals surface area contributed by atoms with Crippen LogP contribution in [0.4, 0.5) is 18.9 Å². The second-order valence-electron chi connectivity index (χ2n) is 6.40. The molecule has 0 aromatic heterocycles. The average Bonchev–Trinajstić information content (AvgIpc) is 2.76. The topological polar surface area (TPSA) is 41.6 Å². The van der Waals surface area contributed by atoms with E-state index in [1.807, 2.05) is 0 Å². The van der Waals surface area contributed by atoms with E-state index in [0.717, 1.165) is 0 Å². The molecule has 0 radical (unpaired) electrons. The standard InChI is InChI=1S/C18H13Cl2F3N2O2S/c1-17(9-10-2-4-14(5-3-10)27-18(21,22)23)15(26)25(16(28)24-17)13-7-11(19)6-12(20)8-13/h2-8H,9H2,1H3,(H,24,28). The minimum Gasteiger partial charge on any atom is -0.406 e. The van der Waals surface area contributed by atoms with Gasteiger partial charge in [-0.1, -0.05) is 35.3 Å². The van der Waals surface area contributed by atoms with E-state index in [1.54, 1.807) is 19.1 Å². The molecule has 2 aromatic carbocycles. The number of nitrogens with one attached hydrogen (secondary N) is 1. The quantitative estimate of drug-likeness (QED) is 0.659. The van der Waals surface area contributed by atoms with Crippen LogP contribution in [0.15, 0.2) is 42.5 Å². The highest BCUT2D eigenvalue weighted by atomic mass is 35.5. The fraction of sp³-hybridized carbons (Fsp3) is 0.222. The van der Waals surface area contributed by atoms with Crippen LogP contribution in [0, 0.1) is 0 Å². The molecule has 1 atom stereocenters. The van der Waals surface area contributed by atoms with Crippen LogP contribution in [0.25, 0.3) is 0 Å². The van der Waals surface area contributed by atoms with E-state index in [1.165, 1.54) is 35.2 Å². The van der Waals surface area contributed by atoms with Gasteiger partial charge >= 0.3 is 6.36 Å². The maximum atomic E-state index is 13.0. The number of hydrogen-bond acceptors (Lipinski definition) is 3. The summed E-state index contributed by atoms with van der Waals surface area (Å²) in [5.74, 6) is -0.663. The number of anilines is 1. The minimum atomic E-state index is -4.76. The number of amides is 1. The molecule has 10 heteroatoms. The molecule has 0 bridgehead atoms. The molecule has 1 N–H and O–H groups in total. The molecule has 4 nitrogen and oxygen atoms in total. The molecular weight excluding hydrogens is 436 g/mol. The summed E-state index contributed by atoms with van der Waals surface area (Å²) >= 11 is 17.3. The lowest BCUT2D eigenvalue weighted by atomic mass is 9.92. The molecule has 2 aromatic rings. The van der Waals surface area contributed by atoms with Gasteiger partial charge in [-0.25, -0.2) is 0 Å². The van der Waals surface area contributed by atoms with E-state index in [0.29, 0.717) is 21.3 Å². The van der Waals surface area contributed by atoms with Crippen molar-refractivity contribution in [2.45, 2.75) is 25.2 Å². The van der Waals surface area contributed by atoms with E-state index in [-0.39, 0.29) is 23.2 Å². The van der Waals surface area contributed by atoms with E-state index in [2.05, 4.69) is 10.1 Å². The van der Waals surface area contributed by atoms with Crippen molar-refractivity contribution in [1.82, 2.24) is 5.32 Å². The molecule has 1 aliphatic rings. The second kappa shape index (κ2) is 7.42. The first-order valence-electron chi connectivity index (χ1n) is 7.94. The van der Waals surface area contributed by atoms with Crippen molar-refractivity contribution in [1.29, 1.82) is 0 Å². The van der Waals surface area contributed by atoms with Crippen LogP contribution in [0.3, 0.4) is 0 Å². The predicted octanol–water partition coefficient (Wildman–Crippen LogP) is 5.11. The van der Waals surface area contributed by atoms with Gasteiger partial charge in [-0.3, -0.25) is 9.69 Å². The molecule has 148 valence electrons. The number of thiocarbonyl (C=S) groups is 1. The third-order valence-electron chi connectivity index (χ3n) is 4.08. The lowest BCUT2D eigenvalue weighted by Crippen LogP contribution is -2.46. The van der Waals surface area contributed by atoms with Crippen molar-refractivity contribution >= 4 is 52.1 Å². The van der Waals surface area contributed by atoms with Gasteiger partial charge in [0.05, 0.1) is 5.69 Å². The Bertz CT molecular complexity index is 917. The molecule has 0 aliphatic carbocycles. The number of rotatable bonds is 4. The maximum absolute atomic E-state index is 13.0. The third kappa shape index (κ3) is 4.51. The summed E-state index contributed by atoms with van der Waals surface area (Å²) in [5, 5.41) is 3.87. The van der Waals surface area contributed by atoms with Gasteiger partial charge in [-0.15, -0.1) is 13.2 Å². The highest BCUT2D eigenvalue weighted by Crippen LogP contribution is 2.32. The first kappa shape index (κ1) is 20.7. The monoisotopic (exact) mass is 448 g/mol. The molecule has 1 amide bonds. The first-order chi connectivity index (χ1) is 13.0. The van der Waals surface area contributed by atoms with Gasteiger partial charge in [0.25, 0.3) is 5.91 Å². The number of hydrogen-bond donors (Lipinski definition) is 1. The highest BCUT2D eigenvalue weighted by molar-refractivity contribution is 7.80. The van der Waals surface area contributed by atoms with Gasteiger partial charge in [0.15, 0.2) is 5.11 Å². The Morgan fingerprint density at radius 3 is 2.25 bits per heavy atom. The zero-order valence-corrected chi connectivity index (χ0v) is 16.6. The fourth-order valence-electron chi connectivity index (χ4n) is 2.92. The predicted molar refractivity (Wildman–Crippen MR) is 105 cm³/mol. The number of alkyl halides is 3. The Morgan fingerprint density at radius 2 is 1.71 bits per heavy atom. The van der Waals surface area contributed by atoms with Crippen LogP contribution in [-0.4, -0.2) is 22.9 Å². The zero-order valence-electron chi connectivity index (χ0n) is 14.3. The molecule has 1 saturated heterocycles. The second-order valence-corrected chi connectivity index (χ2v) is 7.66. The van der Waals surface area contributed by atoms with Crippen LogP contribution in [-0.2, 0) is 11.2 Å². The summed E-state index contributed by atoms with van der Waals surface area (Å²) in [4.78, 5) is 14.3. The molecule has 28 heavy (non-hydrogen) atoms. The number of carbonyl (C=O) groups excluding carboxylic acids is 1. The summed E-state index contributed by atoms with van der Waals surface area (Å²) in [5.41, 5.74) is -0.0255. The molecule has 1 aliphatic heterocycles. The van der Waals surface area contributed by atoms with Gasteiger partial charge in [0, 0.05) is 16.5 Å². The van der Waals surface area contributed by atoms with E-state index >= 15 is 0 Å². The SMILES string of the molecule is CC1(Cc2ccc(OC(F)(F)F)cc2)NC(=S)N(c2cc(Cl)cc(Cl)c2)C1=O. The van der Waals surface area contributed by atoms with Crippen molar-refractivity contribution in [2.75, 3.05) is 4.90 Å². The fourth-order valence-corrected chi connectivity index (χ4v) is 3.85. The summed E-state index contributed by atoms with van der Waals surface area (Å²) in [7, 11) is 0.